The van der Waals surface area contributed by atoms with Gasteiger partial charge in [0.05, 0.1) is 10.4 Å². The Kier molecular flexibility index (Phi) is 4.79. The highest BCUT2D eigenvalue weighted by atomic mass is 35.5. The molecule has 2 heterocycles. The summed E-state index contributed by atoms with van der Waals surface area (Å²) < 4.78 is 13.6. The molecule has 3 rings (SSSR count). The SMILES string of the molecule is CC1(C(=O)O)CCN(C(=O)NC2CCN(c3ccc(Cl)c(F)c3)C2=O)C1. The molecule has 2 unspecified atom stereocenters. The first-order valence-electron chi connectivity index (χ1n) is 8.26. The number of halogens is 2. The first-order chi connectivity index (χ1) is 12.2. The molecule has 0 radical (unpaired) electrons. The topological polar surface area (TPSA) is 89.9 Å². The monoisotopic (exact) mass is 383 g/mol. The minimum absolute atomic E-state index is 0.0271. The maximum Gasteiger partial charge on any atom is 0.318 e. The van der Waals surface area contributed by atoms with Crippen LogP contribution in [0.5, 0.6) is 0 Å². The number of nitrogens with one attached hydrogen (secondary N) is 1. The summed E-state index contributed by atoms with van der Waals surface area (Å²) in [6, 6.07) is 2.92. The van der Waals surface area contributed by atoms with Gasteiger partial charge in [0.2, 0.25) is 5.91 Å². The first kappa shape index (κ1) is 18.4. The first-order valence-corrected chi connectivity index (χ1v) is 8.64. The summed E-state index contributed by atoms with van der Waals surface area (Å²) in [6.07, 6.45) is 0.753. The van der Waals surface area contributed by atoms with Crippen molar-refractivity contribution in [2.24, 2.45) is 5.41 Å². The van der Waals surface area contributed by atoms with Gasteiger partial charge < -0.3 is 20.2 Å². The molecule has 140 valence electrons. The maximum absolute atomic E-state index is 13.6. The van der Waals surface area contributed by atoms with E-state index in [9.17, 15) is 23.9 Å². The molecule has 7 nitrogen and oxygen atoms in total. The highest BCUT2D eigenvalue weighted by Gasteiger charge is 2.43. The second-order valence-electron chi connectivity index (χ2n) is 6.92. The summed E-state index contributed by atoms with van der Waals surface area (Å²) in [5, 5.41) is 11.9. The van der Waals surface area contributed by atoms with Crippen molar-refractivity contribution < 1.29 is 23.9 Å². The van der Waals surface area contributed by atoms with Crippen molar-refractivity contribution in [1.29, 1.82) is 0 Å². The fourth-order valence-corrected chi connectivity index (χ4v) is 3.39. The Bertz CT molecular complexity index is 774. The molecule has 0 aliphatic carbocycles. The molecular formula is C17H19ClFN3O4. The Labute approximate surface area is 154 Å². The van der Waals surface area contributed by atoms with Gasteiger partial charge >= 0.3 is 12.0 Å². The third-order valence-corrected chi connectivity index (χ3v) is 5.30. The van der Waals surface area contributed by atoms with Gasteiger partial charge in [0.25, 0.3) is 0 Å². The number of carbonyl (C=O) groups is 3. The number of benzene rings is 1. The summed E-state index contributed by atoms with van der Waals surface area (Å²) >= 11 is 5.66. The van der Waals surface area contributed by atoms with Gasteiger partial charge in [-0.1, -0.05) is 11.6 Å². The molecule has 2 fully saturated rings. The van der Waals surface area contributed by atoms with Crippen LogP contribution in [0.15, 0.2) is 18.2 Å². The molecular weight excluding hydrogens is 365 g/mol. The average Bonchev–Trinajstić information content (AvgIpc) is 3.15. The zero-order chi connectivity index (χ0) is 19.1. The van der Waals surface area contributed by atoms with Crippen LogP contribution in [0.3, 0.4) is 0 Å². The fourth-order valence-electron chi connectivity index (χ4n) is 3.27. The zero-order valence-electron chi connectivity index (χ0n) is 14.2. The van der Waals surface area contributed by atoms with Crippen LogP contribution in [0, 0.1) is 11.2 Å². The summed E-state index contributed by atoms with van der Waals surface area (Å²) in [6.45, 7) is 2.36. The van der Waals surface area contributed by atoms with E-state index in [1.54, 1.807) is 13.0 Å². The van der Waals surface area contributed by atoms with E-state index in [2.05, 4.69) is 5.32 Å². The number of nitrogens with zero attached hydrogens (tertiary/aromatic N) is 2. The van der Waals surface area contributed by atoms with Crippen LogP contribution in [0.25, 0.3) is 0 Å². The van der Waals surface area contributed by atoms with Crippen molar-refractivity contribution >= 4 is 35.2 Å². The number of rotatable bonds is 3. The van der Waals surface area contributed by atoms with Crippen molar-refractivity contribution in [3.8, 4) is 0 Å². The second-order valence-corrected chi connectivity index (χ2v) is 7.32. The van der Waals surface area contributed by atoms with Gasteiger partial charge in [-0.3, -0.25) is 9.59 Å². The molecule has 2 saturated heterocycles. The van der Waals surface area contributed by atoms with Gasteiger partial charge in [0, 0.05) is 25.3 Å². The Morgan fingerprint density at radius 2 is 2.12 bits per heavy atom. The number of aliphatic carboxylic acids is 1. The van der Waals surface area contributed by atoms with Crippen LogP contribution in [0.1, 0.15) is 19.8 Å². The lowest BCUT2D eigenvalue weighted by Gasteiger charge is -2.22. The number of amides is 3. The minimum Gasteiger partial charge on any atom is -0.481 e. The van der Waals surface area contributed by atoms with Gasteiger partial charge in [-0.2, -0.15) is 0 Å². The van der Waals surface area contributed by atoms with Gasteiger partial charge in [-0.05, 0) is 38.0 Å². The normalized spacial score (nSPS) is 25.7. The highest BCUT2D eigenvalue weighted by molar-refractivity contribution is 6.30. The predicted octanol–water partition coefficient (Wildman–Crippen LogP) is 2.09. The van der Waals surface area contributed by atoms with Gasteiger partial charge in [-0.15, -0.1) is 0 Å². The lowest BCUT2D eigenvalue weighted by atomic mass is 9.90. The number of carbonyl (C=O) groups excluding carboxylic acids is 2. The van der Waals surface area contributed by atoms with E-state index in [1.807, 2.05) is 0 Å². The average molecular weight is 384 g/mol. The Hall–Kier alpha value is -2.35. The van der Waals surface area contributed by atoms with E-state index < -0.39 is 29.3 Å². The van der Waals surface area contributed by atoms with E-state index in [1.165, 1.54) is 21.9 Å². The fraction of sp³-hybridized carbons (Fsp3) is 0.471. The van der Waals surface area contributed by atoms with Crippen LogP contribution in [-0.2, 0) is 9.59 Å². The third-order valence-electron chi connectivity index (χ3n) is 4.99. The number of hydrogen-bond donors (Lipinski definition) is 2. The summed E-state index contributed by atoms with van der Waals surface area (Å²) in [7, 11) is 0. The van der Waals surface area contributed by atoms with Crippen LogP contribution >= 0.6 is 11.6 Å². The van der Waals surface area contributed by atoms with Crippen molar-refractivity contribution in [2.45, 2.75) is 25.8 Å². The Balaban J connectivity index is 1.63. The highest BCUT2D eigenvalue weighted by Crippen LogP contribution is 2.30. The zero-order valence-corrected chi connectivity index (χ0v) is 14.9. The number of carboxylic acids is 1. The summed E-state index contributed by atoms with van der Waals surface area (Å²) in [5.74, 6) is -1.89. The standard InChI is InChI=1S/C17H19ClFN3O4/c1-17(15(24)25)5-7-21(9-17)16(26)20-13-4-6-22(14(13)23)10-2-3-11(18)12(19)8-10/h2-3,8,13H,4-7,9H2,1H3,(H,20,26)(H,24,25). The van der Waals surface area contributed by atoms with E-state index in [-0.39, 0.29) is 17.5 Å². The van der Waals surface area contributed by atoms with Crippen molar-refractivity contribution in [3.63, 3.8) is 0 Å². The van der Waals surface area contributed by atoms with Crippen molar-refractivity contribution in [2.75, 3.05) is 24.5 Å². The lowest BCUT2D eigenvalue weighted by molar-refractivity contribution is -0.147. The van der Waals surface area contributed by atoms with Gasteiger partial charge in [0.15, 0.2) is 0 Å². The quantitative estimate of drug-likeness (QED) is 0.836. The van der Waals surface area contributed by atoms with E-state index in [4.69, 9.17) is 11.6 Å². The molecule has 1 aromatic rings. The van der Waals surface area contributed by atoms with E-state index in [0.29, 0.717) is 31.6 Å². The van der Waals surface area contributed by atoms with E-state index in [0.717, 1.165) is 0 Å². The summed E-state index contributed by atoms with van der Waals surface area (Å²) in [5.41, 5.74) is -0.586. The predicted molar refractivity (Wildman–Crippen MR) is 92.6 cm³/mol. The lowest BCUT2D eigenvalue weighted by Crippen LogP contribution is -2.48. The molecule has 0 spiro atoms. The van der Waals surface area contributed by atoms with E-state index >= 15 is 0 Å². The molecule has 2 aliphatic heterocycles. The molecule has 26 heavy (non-hydrogen) atoms. The number of urea groups is 1. The summed E-state index contributed by atoms with van der Waals surface area (Å²) in [4.78, 5) is 39.0. The van der Waals surface area contributed by atoms with Crippen LogP contribution in [0.2, 0.25) is 5.02 Å². The van der Waals surface area contributed by atoms with Crippen molar-refractivity contribution in [1.82, 2.24) is 10.2 Å². The molecule has 0 saturated carbocycles. The largest absolute Gasteiger partial charge is 0.481 e. The molecule has 2 aliphatic rings. The Morgan fingerprint density at radius 3 is 2.73 bits per heavy atom. The van der Waals surface area contributed by atoms with Gasteiger partial charge in [0.1, 0.15) is 11.9 Å². The number of likely N-dealkylation sites (tertiary alicyclic amines) is 1. The maximum atomic E-state index is 13.6. The van der Waals surface area contributed by atoms with Gasteiger partial charge in [-0.25, -0.2) is 9.18 Å². The molecule has 9 heteroatoms. The van der Waals surface area contributed by atoms with Crippen LogP contribution in [-0.4, -0.2) is 53.6 Å². The van der Waals surface area contributed by atoms with Crippen LogP contribution in [0.4, 0.5) is 14.9 Å². The molecule has 2 atom stereocenters. The molecule has 0 aromatic heterocycles. The number of hydrogen-bond acceptors (Lipinski definition) is 3. The smallest absolute Gasteiger partial charge is 0.318 e. The molecule has 1 aromatic carbocycles. The molecule has 2 N–H and O–H groups in total. The van der Waals surface area contributed by atoms with Crippen LogP contribution < -0.4 is 10.2 Å². The molecule has 3 amide bonds. The molecule has 0 bridgehead atoms. The number of carboxylic acid groups (broad SMARTS) is 1. The second kappa shape index (κ2) is 6.75. The Morgan fingerprint density at radius 1 is 1.38 bits per heavy atom. The van der Waals surface area contributed by atoms with Crippen molar-refractivity contribution in [3.05, 3.63) is 29.0 Å². The number of anilines is 1. The third kappa shape index (κ3) is 3.33. The minimum atomic E-state index is -0.968.